The van der Waals surface area contributed by atoms with Crippen LogP contribution in [0, 0.1) is 0 Å². The third-order valence-corrected chi connectivity index (χ3v) is 4.98. The monoisotopic (exact) mass is 369 g/mol. The number of halogens is 3. The molecule has 25 heavy (non-hydrogen) atoms. The molecule has 0 fully saturated rings. The quantitative estimate of drug-likeness (QED) is 0.736. The molecule has 0 aromatic carbocycles. The van der Waals surface area contributed by atoms with Crippen LogP contribution in [0.4, 0.5) is 13.2 Å². The molecule has 0 saturated carbocycles. The van der Waals surface area contributed by atoms with E-state index in [1.165, 1.54) is 25.9 Å². The molecule has 0 aliphatic heterocycles. The molecule has 0 aromatic heterocycles. The molecule has 3 unspecified atom stereocenters. The van der Waals surface area contributed by atoms with E-state index < -0.39 is 35.8 Å². The minimum Gasteiger partial charge on any atom is -0.382 e. The van der Waals surface area contributed by atoms with Gasteiger partial charge in [-0.3, -0.25) is 14.5 Å². The van der Waals surface area contributed by atoms with E-state index in [9.17, 15) is 27.9 Å². The summed E-state index contributed by atoms with van der Waals surface area (Å²) in [5.74, 6) is -0.997. The first-order chi connectivity index (χ1) is 11.1. The van der Waals surface area contributed by atoms with Crippen LogP contribution in [0.5, 0.6) is 0 Å². The lowest BCUT2D eigenvalue weighted by Gasteiger charge is -2.42. The molecule has 0 saturated heterocycles. The molecule has 0 spiro atoms. The van der Waals surface area contributed by atoms with Gasteiger partial charge in [-0.25, -0.2) is 0 Å². The Morgan fingerprint density at radius 1 is 1.00 bits per heavy atom. The van der Waals surface area contributed by atoms with Crippen molar-refractivity contribution in [2.45, 2.75) is 64.5 Å². The second-order valence-electron chi connectivity index (χ2n) is 6.87. The summed E-state index contributed by atoms with van der Waals surface area (Å²) in [6.07, 6.45) is -7.56. The summed E-state index contributed by atoms with van der Waals surface area (Å²) in [5.41, 5.74) is -1.88. The number of rotatable bonds is 7. The highest BCUT2D eigenvalue weighted by Gasteiger charge is 2.51. The van der Waals surface area contributed by atoms with Crippen LogP contribution in [0.1, 0.15) is 34.6 Å². The van der Waals surface area contributed by atoms with Crippen LogP contribution in [0.2, 0.25) is 0 Å². The summed E-state index contributed by atoms with van der Waals surface area (Å²) < 4.78 is 38.5. The standard InChI is InChI=1S/C16H30F3N3O3/c1-9-20(6)10(2)12(23)21(7)11(3)13(24)22(8)15(4,5)14(25)16(17,18)19/h10-11,14,25H,9H2,1-8H3. The molecule has 0 rings (SSSR count). The fourth-order valence-corrected chi connectivity index (χ4v) is 2.26. The molecule has 0 aromatic rings. The zero-order chi connectivity index (χ0) is 20.3. The Balaban J connectivity index is 5.30. The van der Waals surface area contributed by atoms with Crippen molar-refractivity contribution in [3.63, 3.8) is 0 Å². The molecule has 3 atom stereocenters. The fraction of sp³-hybridized carbons (Fsp3) is 0.875. The largest absolute Gasteiger partial charge is 0.416 e. The molecular weight excluding hydrogens is 339 g/mol. The zero-order valence-corrected chi connectivity index (χ0v) is 16.2. The normalized spacial score (nSPS) is 16.4. The molecule has 0 bridgehead atoms. The van der Waals surface area contributed by atoms with Crippen molar-refractivity contribution in [3.05, 3.63) is 0 Å². The molecular formula is C16H30F3N3O3. The molecule has 0 heterocycles. The van der Waals surface area contributed by atoms with E-state index in [-0.39, 0.29) is 5.91 Å². The topological polar surface area (TPSA) is 64.1 Å². The number of likely N-dealkylation sites (N-methyl/N-ethyl adjacent to an activating group) is 3. The predicted octanol–water partition coefficient (Wildman–Crippen LogP) is 1.33. The number of alkyl halides is 3. The second-order valence-corrected chi connectivity index (χ2v) is 6.87. The van der Waals surface area contributed by atoms with Crippen LogP contribution in [0.15, 0.2) is 0 Å². The van der Waals surface area contributed by atoms with Crippen LogP contribution >= 0.6 is 0 Å². The Morgan fingerprint density at radius 3 is 1.80 bits per heavy atom. The summed E-state index contributed by atoms with van der Waals surface area (Å²) in [6, 6.07) is -1.44. The first-order valence-corrected chi connectivity index (χ1v) is 8.09. The van der Waals surface area contributed by atoms with Gasteiger partial charge in [0.05, 0.1) is 11.6 Å². The Labute approximate surface area is 147 Å². The first-order valence-electron chi connectivity index (χ1n) is 8.09. The van der Waals surface area contributed by atoms with Gasteiger partial charge in [0.25, 0.3) is 0 Å². The maximum Gasteiger partial charge on any atom is 0.416 e. The zero-order valence-electron chi connectivity index (χ0n) is 16.2. The van der Waals surface area contributed by atoms with Crippen LogP contribution < -0.4 is 0 Å². The Morgan fingerprint density at radius 2 is 1.44 bits per heavy atom. The fourth-order valence-electron chi connectivity index (χ4n) is 2.26. The minimum absolute atomic E-state index is 0.312. The average Bonchev–Trinajstić information content (AvgIpc) is 2.54. The number of carbonyl (C=O) groups excluding carboxylic acids is 2. The van der Waals surface area contributed by atoms with Gasteiger partial charge in [-0.2, -0.15) is 13.2 Å². The molecule has 0 aliphatic carbocycles. The van der Waals surface area contributed by atoms with E-state index in [2.05, 4.69) is 0 Å². The van der Waals surface area contributed by atoms with E-state index in [1.807, 2.05) is 6.92 Å². The lowest BCUT2D eigenvalue weighted by atomic mass is 9.94. The van der Waals surface area contributed by atoms with Crippen molar-refractivity contribution in [2.75, 3.05) is 27.7 Å². The molecule has 2 amide bonds. The Hall–Kier alpha value is -1.35. The van der Waals surface area contributed by atoms with E-state index >= 15 is 0 Å². The molecule has 148 valence electrons. The maximum absolute atomic E-state index is 12.8. The summed E-state index contributed by atoms with van der Waals surface area (Å²) in [6.45, 7) is 7.92. The molecule has 6 nitrogen and oxygen atoms in total. The van der Waals surface area contributed by atoms with Crippen molar-refractivity contribution in [1.29, 1.82) is 0 Å². The summed E-state index contributed by atoms with van der Waals surface area (Å²) in [7, 11) is 4.39. The van der Waals surface area contributed by atoms with Crippen LogP contribution in [-0.2, 0) is 9.59 Å². The van der Waals surface area contributed by atoms with Gasteiger partial charge in [-0.05, 0) is 41.3 Å². The third-order valence-electron chi connectivity index (χ3n) is 4.98. The number of carbonyl (C=O) groups is 2. The molecule has 0 aliphatic rings. The van der Waals surface area contributed by atoms with Gasteiger partial charge in [-0.1, -0.05) is 6.92 Å². The van der Waals surface area contributed by atoms with Crippen molar-refractivity contribution in [3.8, 4) is 0 Å². The highest BCUT2D eigenvalue weighted by molar-refractivity contribution is 5.89. The number of hydrogen-bond acceptors (Lipinski definition) is 4. The van der Waals surface area contributed by atoms with Crippen LogP contribution in [0.3, 0.4) is 0 Å². The van der Waals surface area contributed by atoms with Gasteiger partial charge >= 0.3 is 6.18 Å². The van der Waals surface area contributed by atoms with Gasteiger partial charge in [0.15, 0.2) is 6.10 Å². The SMILES string of the molecule is CCN(C)C(C)C(=O)N(C)C(C)C(=O)N(C)C(C)(C)C(O)C(F)(F)F. The smallest absolute Gasteiger partial charge is 0.382 e. The number of amides is 2. The molecule has 1 N–H and O–H groups in total. The van der Waals surface area contributed by atoms with E-state index in [0.717, 1.165) is 18.7 Å². The van der Waals surface area contributed by atoms with Crippen LogP contribution in [0.25, 0.3) is 0 Å². The van der Waals surface area contributed by atoms with Crippen molar-refractivity contribution >= 4 is 11.8 Å². The number of hydrogen-bond donors (Lipinski definition) is 1. The first kappa shape index (κ1) is 23.6. The number of aliphatic hydroxyl groups excluding tert-OH is 1. The maximum atomic E-state index is 12.8. The summed E-state index contributed by atoms with van der Waals surface area (Å²) in [5, 5.41) is 9.55. The van der Waals surface area contributed by atoms with Crippen molar-refractivity contribution < 1.29 is 27.9 Å². The van der Waals surface area contributed by atoms with Crippen molar-refractivity contribution in [2.24, 2.45) is 0 Å². The Kier molecular flexibility index (Phi) is 7.90. The lowest BCUT2D eigenvalue weighted by Crippen LogP contribution is -2.61. The van der Waals surface area contributed by atoms with E-state index in [1.54, 1.807) is 18.9 Å². The predicted molar refractivity (Wildman–Crippen MR) is 88.9 cm³/mol. The van der Waals surface area contributed by atoms with Crippen molar-refractivity contribution in [1.82, 2.24) is 14.7 Å². The summed E-state index contributed by atoms with van der Waals surface area (Å²) >= 11 is 0. The summed E-state index contributed by atoms with van der Waals surface area (Å²) in [4.78, 5) is 28.9. The minimum atomic E-state index is -4.86. The van der Waals surface area contributed by atoms with Gasteiger partial charge in [-0.15, -0.1) is 0 Å². The second kappa shape index (κ2) is 8.35. The average molecular weight is 369 g/mol. The highest BCUT2D eigenvalue weighted by atomic mass is 19.4. The van der Waals surface area contributed by atoms with Gasteiger partial charge in [0.2, 0.25) is 11.8 Å². The molecule has 9 heteroatoms. The number of aliphatic hydroxyl groups is 1. The third kappa shape index (κ3) is 5.31. The van der Waals surface area contributed by atoms with Crippen LogP contribution in [-0.4, -0.2) is 89.2 Å². The van der Waals surface area contributed by atoms with Gasteiger partial charge < -0.3 is 14.9 Å². The van der Waals surface area contributed by atoms with E-state index in [0.29, 0.717) is 6.54 Å². The molecule has 0 radical (unpaired) electrons. The number of nitrogens with zero attached hydrogens (tertiary/aromatic N) is 3. The van der Waals surface area contributed by atoms with Gasteiger partial charge in [0, 0.05) is 14.1 Å². The highest BCUT2D eigenvalue weighted by Crippen LogP contribution is 2.31. The van der Waals surface area contributed by atoms with Gasteiger partial charge in [0.1, 0.15) is 6.04 Å². The Bertz CT molecular complexity index is 483. The lowest BCUT2D eigenvalue weighted by molar-refractivity contribution is -0.235. The van der Waals surface area contributed by atoms with E-state index in [4.69, 9.17) is 0 Å².